The minimum absolute atomic E-state index is 0.249. The van der Waals surface area contributed by atoms with E-state index >= 15 is 0 Å². The Labute approximate surface area is 180 Å². The molecule has 0 radical (unpaired) electrons. The first-order valence-corrected chi connectivity index (χ1v) is 9.75. The molecule has 2 heterocycles. The Bertz CT molecular complexity index is 1170. The molecule has 0 saturated carbocycles. The highest BCUT2D eigenvalue weighted by Gasteiger charge is 2.19. The van der Waals surface area contributed by atoms with E-state index in [4.69, 9.17) is 14.6 Å². The molecule has 156 valence electrons. The molecule has 4 aromatic rings. The van der Waals surface area contributed by atoms with Crippen LogP contribution < -0.4 is 14.8 Å². The molecule has 0 saturated heterocycles. The molecule has 2 aromatic heterocycles. The van der Waals surface area contributed by atoms with E-state index in [-0.39, 0.29) is 5.91 Å². The lowest BCUT2D eigenvalue weighted by Gasteiger charge is -2.09. The van der Waals surface area contributed by atoms with Crippen LogP contribution in [0.2, 0.25) is 0 Å². The third-order valence-electron chi connectivity index (χ3n) is 4.78. The van der Waals surface area contributed by atoms with E-state index in [1.165, 1.54) is 0 Å². The van der Waals surface area contributed by atoms with E-state index in [1.54, 1.807) is 37.2 Å². The molecule has 0 aliphatic rings. The first-order valence-electron chi connectivity index (χ1n) is 9.75. The molecule has 7 nitrogen and oxygen atoms in total. The van der Waals surface area contributed by atoms with Gasteiger partial charge in [-0.1, -0.05) is 24.3 Å². The number of pyridine rings is 1. The molecule has 0 bridgehead atoms. The summed E-state index contributed by atoms with van der Waals surface area (Å²) < 4.78 is 12.4. The average molecular weight is 414 g/mol. The summed E-state index contributed by atoms with van der Waals surface area (Å²) in [5.41, 5.74) is 3.35. The number of para-hydroxylation sites is 1. The van der Waals surface area contributed by atoms with Crippen LogP contribution in [0.4, 0.5) is 0 Å². The Morgan fingerprint density at radius 1 is 0.968 bits per heavy atom. The summed E-state index contributed by atoms with van der Waals surface area (Å²) in [5, 5.41) is 7.63. The largest absolute Gasteiger partial charge is 0.497 e. The lowest BCUT2D eigenvalue weighted by molar-refractivity contribution is 0.0942. The first-order chi connectivity index (χ1) is 15.2. The topological polar surface area (TPSA) is 78.3 Å². The van der Waals surface area contributed by atoms with Crippen molar-refractivity contribution < 1.29 is 14.3 Å². The van der Waals surface area contributed by atoms with Crippen molar-refractivity contribution in [1.82, 2.24) is 20.1 Å². The fraction of sp³-hybridized carbons (Fsp3) is 0.125. The quantitative estimate of drug-likeness (QED) is 0.497. The number of carbonyl (C=O) groups excluding carboxylic acids is 1. The number of carbonyl (C=O) groups is 1. The number of aromatic nitrogens is 3. The summed E-state index contributed by atoms with van der Waals surface area (Å²) in [4.78, 5) is 17.3. The first kappa shape index (κ1) is 20.2. The second kappa shape index (κ2) is 9.13. The lowest BCUT2D eigenvalue weighted by atomic mass is 10.1. The van der Waals surface area contributed by atoms with Crippen molar-refractivity contribution in [1.29, 1.82) is 0 Å². The molecule has 0 spiro atoms. The molecule has 7 heteroatoms. The third kappa shape index (κ3) is 4.40. The van der Waals surface area contributed by atoms with Gasteiger partial charge in [-0.3, -0.25) is 9.78 Å². The van der Waals surface area contributed by atoms with E-state index in [9.17, 15) is 4.79 Å². The number of nitrogens with one attached hydrogen (secondary N) is 1. The smallest absolute Gasteiger partial charge is 0.270 e. The summed E-state index contributed by atoms with van der Waals surface area (Å²) in [5.74, 6) is 1.04. The van der Waals surface area contributed by atoms with Crippen LogP contribution in [0.25, 0.3) is 16.9 Å². The minimum Gasteiger partial charge on any atom is -0.497 e. The van der Waals surface area contributed by atoms with Crippen LogP contribution in [0.15, 0.2) is 79.0 Å². The molecule has 1 amide bonds. The maximum atomic E-state index is 13.1. The standard InChI is InChI=1S/C24H22N4O3/c1-30-19-11-12-20(23(14-19)31-2)21-15-22(28(27-21)18-9-4-3-5-10-18)24(29)26-16-17-8-6-7-13-25-17/h3-15H,16H2,1-2H3,(H,26,29). The van der Waals surface area contributed by atoms with Crippen molar-refractivity contribution in [3.8, 4) is 28.4 Å². The van der Waals surface area contributed by atoms with Crippen LogP contribution in [0.1, 0.15) is 16.2 Å². The number of benzene rings is 2. The van der Waals surface area contributed by atoms with Gasteiger partial charge in [0.25, 0.3) is 5.91 Å². The van der Waals surface area contributed by atoms with Crippen LogP contribution in [0.3, 0.4) is 0 Å². The Morgan fingerprint density at radius 3 is 2.48 bits per heavy atom. The van der Waals surface area contributed by atoms with Crippen molar-refractivity contribution in [2.45, 2.75) is 6.54 Å². The van der Waals surface area contributed by atoms with E-state index in [0.29, 0.717) is 29.4 Å². The molecule has 1 N–H and O–H groups in total. The number of rotatable bonds is 7. The SMILES string of the molecule is COc1ccc(-c2cc(C(=O)NCc3ccccn3)n(-c3ccccc3)n2)c(OC)c1. The second-order valence-electron chi connectivity index (χ2n) is 6.73. The van der Waals surface area contributed by atoms with Gasteiger partial charge in [-0.25, -0.2) is 4.68 Å². The van der Waals surface area contributed by atoms with E-state index in [0.717, 1.165) is 16.9 Å². The maximum Gasteiger partial charge on any atom is 0.270 e. The summed E-state index contributed by atoms with van der Waals surface area (Å²) in [6.45, 7) is 0.320. The van der Waals surface area contributed by atoms with E-state index in [2.05, 4.69) is 10.3 Å². The number of ether oxygens (including phenoxy) is 2. The number of methoxy groups -OCH3 is 2. The van der Waals surface area contributed by atoms with Crippen LogP contribution in [0.5, 0.6) is 11.5 Å². The van der Waals surface area contributed by atoms with Crippen molar-refractivity contribution in [3.05, 3.63) is 90.4 Å². The van der Waals surface area contributed by atoms with Gasteiger partial charge in [0.1, 0.15) is 17.2 Å². The van der Waals surface area contributed by atoms with Crippen molar-refractivity contribution >= 4 is 5.91 Å². The van der Waals surface area contributed by atoms with Gasteiger partial charge >= 0.3 is 0 Å². The second-order valence-corrected chi connectivity index (χ2v) is 6.73. The van der Waals surface area contributed by atoms with Crippen LogP contribution >= 0.6 is 0 Å². The zero-order valence-electron chi connectivity index (χ0n) is 17.3. The van der Waals surface area contributed by atoms with Crippen LogP contribution in [-0.2, 0) is 6.54 Å². The molecular weight excluding hydrogens is 392 g/mol. The Balaban J connectivity index is 1.72. The number of nitrogens with zero attached hydrogens (tertiary/aromatic N) is 3. The van der Waals surface area contributed by atoms with Crippen molar-refractivity contribution in [2.24, 2.45) is 0 Å². The molecule has 4 rings (SSSR count). The van der Waals surface area contributed by atoms with E-state index < -0.39 is 0 Å². The molecule has 31 heavy (non-hydrogen) atoms. The maximum absolute atomic E-state index is 13.1. The predicted octanol–water partition coefficient (Wildman–Crippen LogP) is 3.88. The minimum atomic E-state index is -0.249. The van der Waals surface area contributed by atoms with Gasteiger partial charge in [0, 0.05) is 17.8 Å². The molecule has 0 unspecified atom stereocenters. The van der Waals surface area contributed by atoms with Crippen LogP contribution in [0, 0.1) is 0 Å². The van der Waals surface area contributed by atoms with Gasteiger partial charge < -0.3 is 14.8 Å². The van der Waals surface area contributed by atoms with Gasteiger partial charge in [-0.15, -0.1) is 0 Å². The zero-order chi connectivity index (χ0) is 21.6. The normalized spacial score (nSPS) is 10.5. The fourth-order valence-corrected chi connectivity index (χ4v) is 3.21. The average Bonchev–Trinajstić information content (AvgIpc) is 3.28. The van der Waals surface area contributed by atoms with Crippen molar-refractivity contribution in [3.63, 3.8) is 0 Å². The summed E-state index contributed by atoms with van der Waals surface area (Å²) >= 11 is 0. The number of amides is 1. The summed E-state index contributed by atoms with van der Waals surface area (Å²) in [6, 6.07) is 22.4. The molecule has 0 aliphatic heterocycles. The molecule has 0 atom stereocenters. The van der Waals surface area contributed by atoms with Gasteiger partial charge in [0.05, 0.1) is 37.8 Å². The van der Waals surface area contributed by atoms with Gasteiger partial charge in [0.15, 0.2) is 0 Å². The number of hydrogen-bond donors (Lipinski definition) is 1. The molecule has 2 aromatic carbocycles. The zero-order valence-corrected chi connectivity index (χ0v) is 17.3. The molecule has 0 aliphatic carbocycles. The number of hydrogen-bond acceptors (Lipinski definition) is 5. The van der Waals surface area contributed by atoms with Gasteiger partial charge in [-0.2, -0.15) is 5.10 Å². The van der Waals surface area contributed by atoms with Crippen molar-refractivity contribution in [2.75, 3.05) is 14.2 Å². The fourth-order valence-electron chi connectivity index (χ4n) is 3.21. The van der Waals surface area contributed by atoms with Gasteiger partial charge in [-0.05, 0) is 42.5 Å². The van der Waals surface area contributed by atoms with Crippen LogP contribution in [-0.4, -0.2) is 34.9 Å². The molecular formula is C24H22N4O3. The third-order valence-corrected chi connectivity index (χ3v) is 4.78. The highest BCUT2D eigenvalue weighted by molar-refractivity contribution is 5.94. The Morgan fingerprint density at radius 2 is 1.77 bits per heavy atom. The lowest BCUT2D eigenvalue weighted by Crippen LogP contribution is -2.25. The summed E-state index contributed by atoms with van der Waals surface area (Å²) in [7, 11) is 3.19. The Hall–Kier alpha value is -4.13. The highest BCUT2D eigenvalue weighted by atomic mass is 16.5. The highest BCUT2D eigenvalue weighted by Crippen LogP contribution is 2.33. The molecule has 0 fully saturated rings. The predicted molar refractivity (Wildman–Crippen MR) is 118 cm³/mol. The Kier molecular flexibility index (Phi) is 5.93. The van der Waals surface area contributed by atoms with E-state index in [1.807, 2.05) is 60.7 Å². The van der Waals surface area contributed by atoms with Gasteiger partial charge in [0.2, 0.25) is 0 Å². The summed E-state index contributed by atoms with van der Waals surface area (Å²) in [6.07, 6.45) is 1.70. The monoisotopic (exact) mass is 414 g/mol.